The first-order valence-electron chi connectivity index (χ1n) is 8.98. The van der Waals surface area contributed by atoms with Gasteiger partial charge in [-0.2, -0.15) is 0 Å². The van der Waals surface area contributed by atoms with Crippen molar-refractivity contribution in [3.63, 3.8) is 0 Å². The normalized spacial score (nSPS) is 16.8. The molecule has 2 aromatic carbocycles. The Bertz CT molecular complexity index is 939. The van der Waals surface area contributed by atoms with Crippen LogP contribution >= 0.6 is 0 Å². The van der Waals surface area contributed by atoms with E-state index in [1.165, 1.54) is 18.2 Å². The first-order valence-corrected chi connectivity index (χ1v) is 10.5. The lowest BCUT2D eigenvalue weighted by Crippen LogP contribution is -2.26. The summed E-state index contributed by atoms with van der Waals surface area (Å²) in [5.41, 5.74) is 6.58. The average Bonchev–Trinajstić information content (AvgIpc) is 3.16. The third-order valence-electron chi connectivity index (χ3n) is 4.51. The van der Waals surface area contributed by atoms with E-state index >= 15 is 0 Å². The molecule has 0 radical (unpaired) electrons. The minimum Gasteiger partial charge on any atom is -0.507 e. The van der Waals surface area contributed by atoms with E-state index in [1.807, 2.05) is 24.3 Å². The maximum Gasteiger partial charge on any atom is 0.244 e. The number of hydrogen-bond donors (Lipinski definition) is 5. The fourth-order valence-corrected chi connectivity index (χ4v) is 4.11. The molecule has 0 spiro atoms. The molecule has 1 fully saturated rings. The second-order valence-corrected chi connectivity index (χ2v) is 8.36. The van der Waals surface area contributed by atoms with Crippen LogP contribution in [0.3, 0.4) is 0 Å². The lowest BCUT2D eigenvalue weighted by Gasteiger charge is -2.13. The van der Waals surface area contributed by atoms with Crippen molar-refractivity contribution in [2.24, 2.45) is 5.73 Å². The van der Waals surface area contributed by atoms with Crippen LogP contribution in [0.5, 0.6) is 11.5 Å². The highest BCUT2D eigenvalue weighted by Gasteiger charge is 2.19. The number of nitrogen functional groups attached to an aromatic ring is 1. The summed E-state index contributed by atoms with van der Waals surface area (Å²) >= 11 is 0. The quantitative estimate of drug-likeness (QED) is 0.328. The Morgan fingerprint density at radius 1 is 1.29 bits per heavy atom. The predicted octanol–water partition coefficient (Wildman–Crippen LogP) is 0.938. The van der Waals surface area contributed by atoms with Gasteiger partial charge in [0, 0.05) is 18.7 Å². The number of ether oxygens (including phenoxy) is 1. The van der Waals surface area contributed by atoms with Crippen molar-refractivity contribution in [2.75, 3.05) is 19.6 Å². The molecule has 0 aromatic heterocycles. The minimum atomic E-state index is -3.92. The molecule has 150 valence electrons. The number of sulfonamides is 1. The van der Waals surface area contributed by atoms with Gasteiger partial charge in [0.15, 0.2) is 0 Å². The molecular weight excluding hydrogens is 380 g/mol. The smallest absolute Gasteiger partial charge is 0.244 e. The Morgan fingerprint density at radius 2 is 2.04 bits per heavy atom. The second kappa shape index (κ2) is 8.59. The molecule has 2 aromatic rings. The van der Waals surface area contributed by atoms with Gasteiger partial charge < -0.3 is 20.9 Å². The van der Waals surface area contributed by atoms with Gasteiger partial charge >= 0.3 is 0 Å². The summed E-state index contributed by atoms with van der Waals surface area (Å²) < 4.78 is 33.2. The molecule has 0 amide bonds. The first kappa shape index (κ1) is 20.1. The molecule has 1 unspecified atom stereocenters. The summed E-state index contributed by atoms with van der Waals surface area (Å²) in [4.78, 5) is -0.297. The van der Waals surface area contributed by atoms with E-state index in [4.69, 9.17) is 15.9 Å². The van der Waals surface area contributed by atoms with Crippen LogP contribution in [0.4, 0.5) is 0 Å². The van der Waals surface area contributed by atoms with Crippen molar-refractivity contribution in [1.29, 1.82) is 5.41 Å². The van der Waals surface area contributed by atoms with Gasteiger partial charge in [0.2, 0.25) is 10.0 Å². The van der Waals surface area contributed by atoms with E-state index in [9.17, 15) is 13.5 Å². The van der Waals surface area contributed by atoms with Gasteiger partial charge in [0.25, 0.3) is 0 Å². The Labute approximate surface area is 164 Å². The molecule has 1 aliphatic rings. The van der Waals surface area contributed by atoms with Gasteiger partial charge in [-0.05, 0) is 55.3 Å². The Balaban J connectivity index is 1.58. The topological polar surface area (TPSA) is 138 Å². The van der Waals surface area contributed by atoms with Crippen LogP contribution in [0, 0.1) is 5.41 Å². The first-order chi connectivity index (χ1) is 13.3. The van der Waals surface area contributed by atoms with Crippen LogP contribution in [-0.2, 0) is 16.4 Å². The number of rotatable bonds is 8. The van der Waals surface area contributed by atoms with Crippen molar-refractivity contribution < 1.29 is 18.3 Å². The molecule has 28 heavy (non-hydrogen) atoms. The molecule has 1 heterocycles. The standard InChI is InChI=1S/C19H24N4O4S/c20-19(21)14-3-6-17(24)18(11-14)28(25,26)23-10-7-13-1-4-15(5-2-13)27-16-8-9-22-12-16/h1-6,11,16,22-24H,7-10,12H2,(H3,20,21). The molecule has 9 heteroatoms. The zero-order chi connectivity index (χ0) is 20.1. The number of hydrogen-bond acceptors (Lipinski definition) is 6. The summed E-state index contributed by atoms with van der Waals surface area (Å²) in [6.45, 7) is 1.98. The van der Waals surface area contributed by atoms with Crippen LogP contribution in [0.25, 0.3) is 0 Å². The molecule has 0 aliphatic carbocycles. The Hall–Kier alpha value is -2.62. The van der Waals surface area contributed by atoms with E-state index in [0.717, 1.165) is 30.8 Å². The maximum atomic E-state index is 12.5. The Morgan fingerprint density at radius 3 is 2.68 bits per heavy atom. The number of benzene rings is 2. The van der Waals surface area contributed by atoms with Crippen LogP contribution in [-0.4, -0.2) is 45.1 Å². The number of nitrogens with two attached hydrogens (primary N) is 1. The summed E-state index contributed by atoms with van der Waals surface area (Å²) in [6.07, 6.45) is 1.66. The van der Waals surface area contributed by atoms with Gasteiger partial charge in [-0.1, -0.05) is 12.1 Å². The van der Waals surface area contributed by atoms with Crippen molar-refractivity contribution in [2.45, 2.75) is 23.8 Å². The predicted molar refractivity (Wildman–Crippen MR) is 106 cm³/mol. The van der Waals surface area contributed by atoms with Gasteiger partial charge in [0.1, 0.15) is 28.3 Å². The molecule has 8 nitrogen and oxygen atoms in total. The molecule has 1 atom stereocenters. The van der Waals surface area contributed by atoms with Crippen LogP contribution in [0.2, 0.25) is 0 Å². The monoisotopic (exact) mass is 404 g/mol. The van der Waals surface area contributed by atoms with Crippen molar-refractivity contribution in [1.82, 2.24) is 10.0 Å². The second-order valence-electron chi connectivity index (χ2n) is 6.62. The third-order valence-corrected chi connectivity index (χ3v) is 6.00. The number of phenolic OH excluding ortho intramolecular Hbond substituents is 1. The van der Waals surface area contributed by atoms with E-state index in [-0.39, 0.29) is 34.7 Å². The van der Waals surface area contributed by atoms with Crippen LogP contribution < -0.4 is 20.5 Å². The lowest BCUT2D eigenvalue weighted by molar-refractivity contribution is 0.223. The van der Waals surface area contributed by atoms with Crippen molar-refractivity contribution >= 4 is 15.9 Å². The van der Waals surface area contributed by atoms with Gasteiger partial charge in [0.05, 0.1) is 0 Å². The largest absolute Gasteiger partial charge is 0.507 e. The summed E-state index contributed by atoms with van der Waals surface area (Å²) in [5, 5.41) is 20.5. The van der Waals surface area contributed by atoms with E-state index < -0.39 is 10.0 Å². The highest BCUT2D eigenvalue weighted by molar-refractivity contribution is 7.89. The summed E-state index contributed by atoms with van der Waals surface area (Å²) in [5.74, 6) is 0.136. The lowest BCUT2D eigenvalue weighted by atomic mass is 10.1. The summed E-state index contributed by atoms with van der Waals surface area (Å²) in [7, 11) is -3.92. The number of phenols is 1. The Kier molecular flexibility index (Phi) is 6.18. The highest BCUT2D eigenvalue weighted by Crippen LogP contribution is 2.23. The van der Waals surface area contributed by atoms with E-state index in [0.29, 0.717) is 6.42 Å². The third kappa shape index (κ3) is 5.00. The van der Waals surface area contributed by atoms with E-state index in [2.05, 4.69) is 10.0 Å². The summed E-state index contributed by atoms with van der Waals surface area (Å²) in [6, 6.07) is 11.4. The number of nitrogens with one attached hydrogen (secondary N) is 3. The van der Waals surface area contributed by atoms with Crippen LogP contribution in [0.15, 0.2) is 47.4 Å². The molecule has 1 saturated heterocycles. The molecule has 0 saturated carbocycles. The van der Waals surface area contributed by atoms with Gasteiger partial charge in [-0.25, -0.2) is 13.1 Å². The minimum absolute atomic E-state index is 0.165. The highest BCUT2D eigenvalue weighted by atomic mass is 32.2. The number of amidine groups is 1. The van der Waals surface area contributed by atoms with Crippen molar-refractivity contribution in [3.05, 3.63) is 53.6 Å². The number of aromatic hydroxyl groups is 1. The maximum absolute atomic E-state index is 12.5. The fraction of sp³-hybridized carbons (Fsp3) is 0.316. The van der Waals surface area contributed by atoms with Crippen LogP contribution in [0.1, 0.15) is 17.5 Å². The van der Waals surface area contributed by atoms with E-state index in [1.54, 1.807) is 0 Å². The molecule has 3 rings (SSSR count). The molecular formula is C19H24N4O4S. The molecule has 0 bridgehead atoms. The zero-order valence-corrected chi connectivity index (χ0v) is 16.1. The van der Waals surface area contributed by atoms with Gasteiger partial charge in [-0.3, -0.25) is 5.41 Å². The van der Waals surface area contributed by atoms with Crippen molar-refractivity contribution in [3.8, 4) is 11.5 Å². The molecule has 1 aliphatic heterocycles. The molecule has 6 N–H and O–H groups in total. The SMILES string of the molecule is N=C(N)c1ccc(O)c(S(=O)(=O)NCCc2ccc(OC3CCNC3)cc2)c1. The zero-order valence-electron chi connectivity index (χ0n) is 15.3. The fourth-order valence-electron chi connectivity index (χ4n) is 2.96. The van der Waals surface area contributed by atoms with Gasteiger partial charge in [-0.15, -0.1) is 0 Å². The average molecular weight is 404 g/mol.